The number of hydrogen-bond donors (Lipinski definition) is 0. The molecule has 0 N–H and O–H groups in total. The third-order valence-electron chi connectivity index (χ3n) is 3.53. The Balaban J connectivity index is 1.99. The van der Waals surface area contributed by atoms with E-state index < -0.39 is 16.0 Å². The van der Waals surface area contributed by atoms with Crippen molar-refractivity contribution in [2.24, 2.45) is 4.40 Å². The van der Waals surface area contributed by atoms with Gasteiger partial charge in [-0.05, 0) is 48.5 Å². The van der Waals surface area contributed by atoms with Gasteiger partial charge in [-0.1, -0.05) is 48.0 Å². The number of sulfonamides is 1. The lowest BCUT2D eigenvalue weighted by Gasteiger charge is -2.08. The number of ether oxygens (including phenoxy) is 1. The number of hydrogen-bond acceptors (Lipinski definition) is 4. The zero-order valence-electron chi connectivity index (χ0n) is 13.9. The summed E-state index contributed by atoms with van der Waals surface area (Å²) in [5.74, 6) is -1.04. The Morgan fingerprint density at radius 3 is 1.93 bits per heavy atom. The van der Waals surface area contributed by atoms with Gasteiger partial charge in [0.25, 0.3) is 10.0 Å². The van der Waals surface area contributed by atoms with Crippen molar-refractivity contribution in [1.82, 2.24) is 0 Å². The first-order valence-corrected chi connectivity index (χ1v) is 9.71. The Hall–Kier alpha value is -2.96. The van der Waals surface area contributed by atoms with Gasteiger partial charge in [0.2, 0.25) is 5.90 Å². The highest BCUT2D eigenvalue weighted by Crippen LogP contribution is 2.16. The third kappa shape index (κ3) is 4.81. The minimum absolute atomic E-state index is 0.000901. The van der Waals surface area contributed by atoms with Crippen LogP contribution in [-0.4, -0.2) is 20.3 Å². The molecule has 0 aromatic heterocycles. The highest BCUT2D eigenvalue weighted by atomic mass is 35.5. The summed E-state index contributed by atoms with van der Waals surface area (Å²) in [5.41, 5.74) is 0.583. The van der Waals surface area contributed by atoms with E-state index in [2.05, 4.69) is 4.40 Å². The topological polar surface area (TPSA) is 72.8 Å². The molecule has 0 saturated heterocycles. The van der Waals surface area contributed by atoms with Crippen LogP contribution in [0.3, 0.4) is 0 Å². The fourth-order valence-corrected chi connectivity index (χ4v) is 3.29. The van der Waals surface area contributed by atoms with Crippen molar-refractivity contribution in [2.75, 3.05) is 0 Å². The van der Waals surface area contributed by atoms with Gasteiger partial charge in [0.15, 0.2) is 0 Å². The quantitative estimate of drug-likeness (QED) is 0.372. The SMILES string of the molecule is O=C(OC(=NS(=O)(=O)c1ccccc1)c1ccccc1)c1ccc(Cl)cc1. The summed E-state index contributed by atoms with van der Waals surface area (Å²) in [5, 5.41) is 0.468. The van der Waals surface area contributed by atoms with Crippen LogP contribution in [0.25, 0.3) is 0 Å². The summed E-state index contributed by atoms with van der Waals surface area (Å²) in [4.78, 5) is 12.4. The molecule has 3 aromatic carbocycles. The van der Waals surface area contributed by atoms with Crippen molar-refractivity contribution in [3.05, 3.63) is 101 Å². The molecule has 0 amide bonds. The number of rotatable bonds is 4. The molecular formula is C20H14ClNO4S. The van der Waals surface area contributed by atoms with E-state index in [1.54, 1.807) is 48.5 Å². The highest BCUT2D eigenvalue weighted by molar-refractivity contribution is 7.90. The van der Waals surface area contributed by atoms with Crippen molar-refractivity contribution in [2.45, 2.75) is 4.90 Å². The first-order valence-electron chi connectivity index (χ1n) is 7.89. The Kier molecular flexibility index (Phi) is 5.69. The number of nitrogens with zero attached hydrogens (tertiary/aromatic N) is 1. The molecular weight excluding hydrogens is 386 g/mol. The van der Waals surface area contributed by atoms with Gasteiger partial charge in [0.1, 0.15) is 0 Å². The van der Waals surface area contributed by atoms with E-state index in [1.807, 2.05) is 0 Å². The average molecular weight is 400 g/mol. The normalized spacial score (nSPS) is 11.8. The van der Waals surface area contributed by atoms with E-state index in [0.29, 0.717) is 10.6 Å². The predicted molar refractivity (Wildman–Crippen MR) is 103 cm³/mol. The summed E-state index contributed by atoms with van der Waals surface area (Å²) >= 11 is 5.82. The summed E-state index contributed by atoms with van der Waals surface area (Å²) in [6, 6.07) is 22.1. The zero-order valence-corrected chi connectivity index (χ0v) is 15.5. The molecule has 5 nitrogen and oxygen atoms in total. The molecule has 3 rings (SSSR count). The zero-order chi connectivity index (χ0) is 19.3. The fourth-order valence-electron chi connectivity index (χ4n) is 2.20. The van der Waals surface area contributed by atoms with Crippen molar-refractivity contribution in [3.8, 4) is 0 Å². The van der Waals surface area contributed by atoms with Crippen LogP contribution in [0.1, 0.15) is 15.9 Å². The summed E-state index contributed by atoms with van der Waals surface area (Å²) in [6.07, 6.45) is 0. The predicted octanol–water partition coefficient (Wildman–Crippen LogP) is 4.33. The van der Waals surface area contributed by atoms with Crippen molar-refractivity contribution in [3.63, 3.8) is 0 Å². The van der Waals surface area contributed by atoms with Crippen LogP contribution in [0.5, 0.6) is 0 Å². The molecule has 0 aliphatic rings. The maximum Gasteiger partial charge on any atom is 0.344 e. The lowest BCUT2D eigenvalue weighted by molar-refractivity contribution is 0.0718. The van der Waals surface area contributed by atoms with E-state index in [0.717, 1.165) is 0 Å². The molecule has 3 aromatic rings. The summed E-state index contributed by atoms with van der Waals surface area (Å²) in [7, 11) is -4.05. The minimum atomic E-state index is -4.05. The largest absolute Gasteiger partial charge is 0.402 e. The molecule has 0 radical (unpaired) electrons. The van der Waals surface area contributed by atoms with Crippen LogP contribution in [0.15, 0.2) is 94.2 Å². The van der Waals surface area contributed by atoms with E-state index >= 15 is 0 Å². The number of halogens is 1. The first-order chi connectivity index (χ1) is 13.0. The molecule has 0 spiro atoms. The minimum Gasteiger partial charge on any atom is -0.402 e. The number of carbonyl (C=O) groups is 1. The molecule has 0 atom stereocenters. The van der Waals surface area contributed by atoms with Gasteiger partial charge in [-0.2, -0.15) is 8.42 Å². The molecule has 0 fully saturated rings. The molecule has 7 heteroatoms. The standard InChI is InChI=1S/C20H14ClNO4S/c21-17-13-11-16(12-14-17)20(23)26-19(15-7-3-1-4-8-15)22-27(24,25)18-9-5-2-6-10-18/h1-14H. The highest BCUT2D eigenvalue weighted by Gasteiger charge is 2.19. The third-order valence-corrected chi connectivity index (χ3v) is 5.06. The van der Waals surface area contributed by atoms with Crippen LogP contribution in [0, 0.1) is 0 Å². The van der Waals surface area contributed by atoms with Crippen LogP contribution in [-0.2, 0) is 14.8 Å². The maximum absolute atomic E-state index is 12.6. The first kappa shape index (κ1) is 18.8. The van der Waals surface area contributed by atoms with Crippen molar-refractivity contribution < 1.29 is 17.9 Å². The van der Waals surface area contributed by atoms with Gasteiger partial charge in [-0.15, -0.1) is 4.40 Å². The summed E-state index contributed by atoms with van der Waals surface area (Å²) < 4.78 is 34.2. The van der Waals surface area contributed by atoms with Gasteiger partial charge in [0, 0.05) is 10.6 Å². The molecule has 0 bridgehead atoms. The Labute approximate surface area is 162 Å². The second-order valence-corrected chi connectivity index (χ2v) is 7.49. The van der Waals surface area contributed by atoms with Gasteiger partial charge < -0.3 is 4.74 Å². The second kappa shape index (κ2) is 8.16. The van der Waals surface area contributed by atoms with Crippen molar-refractivity contribution in [1.29, 1.82) is 0 Å². The van der Waals surface area contributed by atoms with E-state index in [4.69, 9.17) is 16.3 Å². The van der Waals surface area contributed by atoms with Gasteiger partial charge in [-0.25, -0.2) is 4.79 Å². The monoisotopic (exact) mass is 399 g/mol. The smallest absolute Gasteiger partial charge is 0.344 e. The second-order valence-electron chi connectivity index (χ2n) is 5.45. The molecule has 0 heterocycles. The molecule has 0 aliphatic heterocycles. The summed E-state index contributed by atoms with van der Waals surface area (Å²) in [6.45, 7) is 0. The van der Waals surface area contributed by atoms with Gasteiger partial charge >= 0.3 is 5.97 Å². The molecule has 0 unspecified atom stereocenters. The van der Waals surface area contributed by atoms with Gasteiger partial charge in [0.05, 0.1) is 10.5 Å². The van der Waals surface area contributed by atoms with E-state index in [-0.39, 0.29) is 16.4 Å². The van der Waals surface area contributed by atoms with E-state index in [1.165, 1.54) is 36.4 Å². The average Bonchev–Trinajstić information content (AvgIpc) is 2.69. The molecule has 136 valence electrons. The lowest BCUT2D eigenvalue weighted by atomic mass is 10.2. The van der Waals surface area contributed by atoms with Crippen molar-refractivity contribution >= 4 is 33.5 Å². The Bertz CT molecular complexity index is 1060. The number of benzene rings is 3. The molecule has 27 heavy (non-hydrogen) atoms. The Morgan fingerprint density at radius 1 is 0.778 bits per heavy atom. The van der Waals surface area contributed by atoms with Crippen LogP contribution in [0.2, 0.25) is 5.02 Å². The van der Waals surface area contributed by atoms with E-state index in [9.17, 15) is 13.2 Å². The Morgan fingerprint density at radius 2 is 1.33 bits per heavy atom. The number of carbonyl (C=O) groups excluding carboxylic acids is 1. The van der Waals surface area contributed by atoms with Crippen LogP contribution >= 0.6 is 11.6 Å². The maximum atomic E-state index is 12.6. The van der Waals surface area contributed by atoms with Gasteiger partial charge in [-0.3, -0.25) is 0 Å². The van der Waals surface area contributed by atoms with Crippen LogP contribution < -0.4 is 0 Å². The lowest BCUT2D eigenvalue weighted by Crippen LogP contribution is -2.16. The number of esters is 1. The molecule has 0 aliphatic carbocycles. The van der Waals surface area contributed by atoms with Crippen LogP contribution in [0.4, 0.5) is 0 Å². The molecule has 0 saturated carbocycles. The fraction of sp³-hybridized carbons (Fsp3) is 0.